The Morgan fingerprint density at radius 2 is 0.458 bits per heavy atom. The Morgan fingerprint density at radius 3 is 0.688 bits per heavy atom. The first-order valence-corrected chi connectivity index (χ1v) is 17.0. The maximum absolute atomic E-state index is 2.55. The minimum absolute atomic E-state index is 0.186. The Bertz CT molecular complexity index is 1820. The van der Waals surface area contributed by atoms with E-state index < -0.39 is 0 Å². The predicted molar refractivity (Wildman–Crippen MR) is 203 cm³/mol. The van der Waals surface area contributed by atoms with Gasteiger partial charge in [-0.15, -0.1) is 0 Å². The molecule has 6 aromatic carbocycles. The van der Waals surface area contributed by atoms with Gasteiger partial charge >= 0.3 is 0 Å². The molecular formula is C48H38. The molecule has 0 radical (unpaired) electrons. The highest BCUT2D eigenvalue weighted by Gasteiger charge is 2.38. The smallest absolute Gasteiger partial charge is 0.00404 e. The molecule has 0 amide bonds. The lowest BCUT2D eigenvalue weighted by Gasteiger charge is -2.34. The van der Waals surface area contributed by atoms with Gasteiger partial charge in [-0.2, -0.15) is 0 Å². The summed E-state index contributed by atoms with van der Waals surface area (Å²) in [7, 11) is 0. The van der Waals surface area contributed by atoms with Crippen LogP contribution >= 0.6 is 0 Å². The number of hydrogen-bond acceptors (Lipinski definition) is 0. The van der Waals surface area contributed by atoms with E-state index in [0.29, 0.717) is 0 Å². The van der Waals surface area contributed by atoms with Crippen molar-refractivity contribution in [2.75, 3.05) is 0 Å². The monoisotopic (exact) mass is 614 g/mol. The molecule has 230 valence electrons. The van der Waals surface area contributed by atoms with Gasteiger partial charge in [0.05, 0.1) is 0 Å². The number of hydrogen-bond donors (Lipinski definition) is 0. The van der Waals surface area contributed by atoms with Gasteiger partial charge in [-0.25, -0.2) is 0 Å². The van der Waals surface area contributed by atoms with Crippen LogP contribution in [0.2, 0.25) is 0 Å². The van der Waals surface area contributed by atoms with Crippen molar-refractivity contribution < 1.29 is 0 Å². The lowest BCUT2D eigenvalue weighted by molar-refractivity contribution is 0.438. The molecule has 2 aliphatic rings. The van der Waals surface area contributed by atoms with Crippen LogP contribution in [0.4, 0.5) is 0 Å². The van der Waals surface area contributed by atoms with E-state index in [1.165, 1.54) is 55.7 Å². The largest absolute Gasteiger partial charge is 0.0685 e. The van der Waals surface area contributed by atoms with Crippen molar-refractivity contribution in [2.45, 2.75) is 11.8 Å². The molecule has 0 spiro atoms. The van der Waals surface area contributed by atoms with Gasteiger partial charge in [-0.1, -0.05) is 206 Å². The van der Waals surface area contributed by atoms with Crippen LogP contribution in [0.3, 0.4) is 0 Å². The molecule has 0 heterocycles. The van der Waals surface area contributed by atoms with E-state index in [4.69, 9.17) is 0 Å². The van der Waals surface area contributed by atoms with Gasteiger partial charge < -0.3 is 0 Å². The van der Waals surface area contributed by atoms with Crippen LogP contribution in [-0.4, -0.2) is 0 Å². The zero-order valence-electron chi connectivity index (χ0n) is 26.9. The molecule has 0 saturated carbocycles. The van der Waals surface area contributed by atoms with Gasteiger partial charge in [-0.05, 0) is 55.7 Å². The Labute approximate surface area is 284 Å². The van der Waals surface area contributed by atoms with Gasteiger partial charge in [0.25, 0.3) is 0 Å². The van der Waals surface area contributed by atoms with Crippen molar-refractivity contribution in [3.63, 3.8) is 0 Å². The molecule has 0 fully saturated rings. The van der Waals surface area contributed by atoms with E-state index in [-0.39, 0.29) is 23.7 Å². The van der Waals surface area contributed by atoms with E-state index in [9.17, 15) is 0 Å². The van der Waals surface area contributed by atoms with Gasteiger partial charge in [0.2, 0.25) is 0 Å². The normalized spacial score (nSPS) is 16.1. The maximum atomic E-state index is 2.55. The molecule has 0 N–H and O–H groups in total. The molecule has 8 rings (SSSR count). The van der Waals surface area contributed by atoms with Crippen molar-refractivity contribution in [1.29, 1.82) is 0 Å². The molecule has 2 aliphatic carbocycles. The van der Waals surface area contributed by atoms with E-state index >= 15 is 0 Å². The van der Waals surface area contributed by atoms with Crippen molar-refractivity contribution in [1.82, 2.24) is 0 Å². The Hall–Kier alpha value is -5.72. The third-order valence-corrected chi connectivity index (χ3v) is 9.94. The predicted octanol–water partition coefficient (Wildman–Crippen LogP) is 12.1. The Morgan fingerprint density at radius 1 is 0.250 bits per heavy atom. The van der Waals surface area contributed by atoms with E-state index in [0.717, 1.165) is 0 Å². The molecule has 0 unspecified atom stereocenters. The summed E-state index contributed by atoms with van der Waals surface area (Å²) in [6.07, 6.45) is 10.2. The van der Waals surface area contributed by atoms with Crippen LogP contribution in [0.15, 0.2) is 206 Å². The minimum Gasteiger partial charge on any atom is -0.0685 e. The molecular weight excluding hydrogens is 577 g/mol. The van der Waals surface area contributed by atoms with Gasteiger partial charge in [0.15, 0.2) is 0 Å². The Balaban J connectivity index is 1.33. The minimum atomic E-state index is 0.186. The molecule has 48 heavy (non-hydrogen) atoms. The van der Waals surface area contributed by atoms with Crippen LogP contribution in [0.1, 0.15) is 45.2 Å². The fourth-order valence-electron chi connectivity index (χ4n) is 7.81. The summed E-state index contributed by atoms with van der Waals surface area (Å²) < 4.78 is 0. The lowest BCUT2D eigenvalue weighted by atomic mass is 9.69. The zero-order valence-corrected chi connectivity index (χ0v) is 26.9. The SMILES string of the molecule is C1=C(c2ccccc2)C(c2ccccc2)=CC1[C@@H](c1ccccc1)[C@H](c1ccccc1)C1C=C(c2ccccc2)C(c2ccccc2)=C1. The molecule has 0 saturated heterocycles. The second-order valence-corrected chi connectivity index (χ2v) is 12.8. The maximum Gasteiger partial charge on any atom is 0.00404 e. The molecule has 0 aromatic heterocycles. The summed E-state index contributed by atoms with van der Waals surface area (Å²) in [5.41, 5.74) is 13.0. The van der Waals surface area contributed by atoms with Crippen molar-refractivity contribution in [3.8, 4) is 0 Å². The van der Waals surface area contributed by atoms with Gasteiger partial charge in [0.1, 0.15) is 0 Å². The average molecular weight is 615 g/mol. The molecule has 0 bridgehead atoms. The first-order chi connectivity index (χ1) is 23.8. The van der Waals surface area contributed by atoms with Crippen LogP contribution in [-0.2, 0) is 0 Å². The highest BCUT2D eigenvalue weighted by molar-refractivity contribution is 6.08. The number of benzene rings is 6. The van der Waals surface area contributed by atoms with Gasteiger partial charge in [0, 0.05) is 23.7 Å². The quantitative estimate of drug-likeness (QED) is 0.152. The van der Waals surface area contributed by atoms with Crippen LogP contribution < -0.4 is 0 Å². The van der Waals surface area contributed by atoms with Crippen LogP contribution in [0.5, 0.6) is 0 Å². The lowest BCUT2D eigenvalue weighted by Crippen LogP contribution is -2.22. The topological polar surface area (TPSA) is 0 Å². The third kappa shape index (κ3) is 5.94. The molecule has 6 aromatic rings. The van der Waals surface area contributed by atoms with Crippen molar-refractivity contribution in [2.24, 2.45) is 11.8 Å². The summed E-state index contributed by atoms with van der Waals surface area (Å²) in [5.74, 6) is 0.757. The molecule has 0 nitrogen and oxygen atoms in total. The summed E-state index contributed by atoms with van der Waals surface area (Å²) in [6.45, 7) is 0. The second-order valence-electron chi connectivity index (χ2n) is 12.8. The molecule has 2 atom stereocenters. The van der Waals surface area contributed by atoms with Gasteiger partial charge in [-0.3, -0.25) is 0 Å². The fraction of sp³-hybridized carbons (Fsp3) is 0.0833. The number of allylic oxidation sites excluding steroid dienone is 8. The standard InChI is InChI=1S/C48H38/c1-7-19-35(20-8-1)43-31-41(32-44(43)36-21-9-2-10-22-36)47(39-27-15-5-16-28-39)48(40-29-17-6-18-30-40)42-33-45(37-23-11-3-12-24-37)46(34-42)38-25-13-4-14-26-38/h1-34,41-42,47-48H/t47-,48-/m1/s1. The molecule has 0 aliphatic heterocycles. The van der Waals surface area contributed by atoms with Crippen LogP contribution in [0.25, 0.3) is 22.3 Å². The first-order valence-electron chi connectivity index (χ1n) is 17.0. The summed E-state index contributed by atoms with van der Waals surface area (Å²) >= 11 is 0. The fourth-order valence-corrected chi connectivity index (χ4v) is 7.81. The van der Waals surface area contributed by atoms with Crippen LogP contribution in [0, 0.1) is 11.8 Å². The highest BCUT2D eigenvalue weighted by Crippen LogP contribution is 2.53. The zero-order chi connectivity index (χ0) is 32.1. The molecule has 0 heteroatoms. The average Bonchev–Trinajstić information content (AvgIpc) is 3.82. The number of rotatable bonds is 9. The summed E-state index contributed by atoms with van der Waals surface area (Å²) in [5, 5.41) is 0. The summed E-state index contributed by atoms with van der Waals surface area (Å²) in [4.78, 5) is 0. The van der Waals surface area contributed by atoms with E-state index in [2.05, 4.69) is 206 Å². The highest BCUT2D eigenvalue weighted by atomic mass is 14.4. The van der Waals surface area contributed by atoms with E-state index in [1.54, 1.807) is 0 Å². The Kier molecular flexibility index (Phi) is 8.38. The first kappa shape index (κ1) is 29.7. The third-order valence-electron chi connectivity index (χ3n) is 9.94. The summed E-state index contributed by atoms with van der Waals surface area (Å²) in [6, 6.07) is 66.0. The van der Waals surface area contributed by atoms with E-state index in [1.807, 2.05) is 0 Å². The van der Waals surface area contributed by atoms with Crippen molar-refractivity contribution in [3.05, 3.63) is 240 Å². The second kappa shape index (κ2) is 13.6. The van der Waals surface area contributed by atoms with Crippen molar-refractivity contribution >= 4 is 22.3 Å².